The molecule has 2 aliphatic heterocycles. The number of benzene rings is 1. The zero-order valence-corrected chi connectivity index (χ0v) is 18.6. The smallest absolute Gasteiger partial charge is 0.289 e. The highest BCUT2D eigenvalue weighted by Gasteiger charge is 2.38. The number of piperazine rings is 1. The molecule has 1 aromatic carbocycles. The van der Waals surface area contributed by atoms with Crippen LogP contribution in [0.5, 0.6) is 11.5 Å². The zero-order valence-electron chi connectivity index (χ0n) is 18.6. The molecule has 180 valence electrons. The minimum atomic E-state index is -0.892. The molecule has 1 saturated heterocycles. The van der Waals surface area contributed by atoms with Crippen molar-refractivity contribution in [1.82, 2.24) is 15.1 Å². The van der Waals surface area contributed by atoms with Crippen molar-refractivity contribution in [1.29, 1.82) is 0 Å². The van der Waals surface area contributed by atoms with Crippen molar-refractivity contribution in [2.24, 2.45) is 0 Å². The van der Waals surface area contributed by atoms with Crippen LogP contribution in [0.2, 0.25) is 0 Å². The fourth-order valence-electron chi connectivity index (χ4n) is 4.92. The van der Waals surface area contributed by atoms with Gasteiger partial charge in [-0.15, -0.1) is 0 Å². The van der Waals surface area contributed by atoms with Gasteiger partial charge in [-0.05, 0) is 31.0 Å². The second kappa shape index (κ2) is 9.34. The third-order valence-corrected chi connectivity index (χ3v) is 6.66. The highest BCUT2D eigenvalue weighted by atomic mass is 16.7. The molecular weight excluding hydrogens is 444 g/mol. The normalized spacial score (nSPS) is 19.2. The van der Waals surface area contributed by atoms with E-state index in [0.717, 1.165) is 25.7 Å². The number of ether oxygens (including phenoxy) is 2. The number of nitrogens with one attached hydrogen (secondary N) is 1. The largest absolute Gasteiger partial charge is 0.459 e. The van der Waals surface area contributed by atoms with Crippen LogP contribution in [0.1, 0.15) is 47.8 Å². The van der Waals surface area contributed by atoms with Gasteiger partial charge in [0.1, 0.15) is 6.04 Å². The zero-order chi connectivity index (χ0) is 23.7. The molecule has 3 heterocycles. The molecule has 1 atom stereocenters. The molecule has 1 N–H and O–H groups in total. The monoisotopic (exact) mass is 470 g/mol. The summed E-state index contributed by atoms with van der Waals surface area (Å²) in [5, 5.41) is 15.0. The number of rotatable bonds is 6. The van der Waals surface area contributed by atoms with E-state index in [4.69, 9.17) is 13.9 Å². The Bertz CT molecular complexity index is 1070. The van der Waals surface area contributed by atoms with Crippen molar-refractivity contribution in [2.75, 3.05) is 33.0 Å². The molecule has 0 radical (unpaired) electrons. The highest BCUT2D eigenvalue weighted by Crippen LogP contribution is 2.42. The van der Waals surface area contributed by atoms with Gasteiger partial charge in [0.25, 0.3) is 11.6 Å². The minimum absolute atomic E-state index is 0.0254. The Labute approximate surface area is 195 Å². The second-order valence-electron chi connectivity index (χ2n) is 8.72. The first-order valence-corrected chi connectivity index (χ1v) is 11.5. The first-order valence-electron chi connectivity index (χ1n) is 11.5. The SMILES string of the molecule is O=C(NC1CCCC1)[C@@H](c1cc2c(cc1[N+](=O)[O-])OCO2)N1CCN(C(=O)c2ccco2)CC1. The maximum absolute atomic E-state index is 13.5. The summed E-state index contributed by atoms with van der Waals surface area (Å²) >= 11 is 0. The number of hydrogen-bond donors (Lipinski definition) is 1. The fourth-order valence-corrected chi connectivity index (χ4v) is 4.92. The number of nitro groups is 1. The highest BCUT2D eigenvalue weighted by molar-refractivity contribution is 5.91. The predicted octanol–water partition coefficient (Wildman–Crippen LogP) is 2.47. The molecule has 2 aromatic rings. The molecule has 0 unspecified atom stereocenters. The van der Waals surface area contributed by atoms with E-state index < -0.39 is 11.0 Å². The molecule has 3 aliphatic rings. The number of amides is 2. The van der Waals surface area contributed by atoms with Crippen molar-refractivity contribution in [3.05, 3.63) is 52.0 Å². The van der Waals surface area contributed by atoms with Crippen LogP contribution < -0.4 is 14.8 Å². The average molecular weight is 470 g/mol. The molecule has 1 aromatic heterocycles. The van der Waals surface area contributed by atoms with Crippen molar-refractivity contribution in [2.45, 2.75) is 37.8 Å². The summed E-state index contributed by atoms with van der Waals surface area (Å²) in [6, 6.07) is 5.30. The number of carbonyl (C=O) groups is 2. The van der Waals surface area contributed by atoms with Crippen LogP contribution >= 0.6 is 0 Å². The van der Waals surface area contributed by atoms with E-state index in [9.17, 15) is 19.7 Å². The summed E-state index contributed by atoms with van der Waals surface area (Å²) in [7, 11) is 0. The molecule has 34 heavy (non-hydrogen) atoms. The van der Waals surface area contributed by atoms with Crippen molar-refractivity contribution >= 4 is 17.5 Å². The van der Waals surface area contributed by atoms with E-state index in [1.165, 1.54) is 12.3 Å². The summed E-state index contributed by atoms with van der Waals surface area (Å²) in [5.41, 5.74) is 0.0699. The Kier molecular flexibility index (Phi) is 6.10. The van der Waals surface area contributed by atoms with Crippen LogP contribution in [-0.4, -0.2) is 65.6 Å². The van der Waals surface area contributed by atoms with Gasteiger partial charge in [-0.25, -0.2) is 0 Å². The van der Waals surface area contributed by atoms with Crippen LogP contribution in [0.15, 0.2) is 34.9 Å². The van der Waals surface area contributed by atoms with Crippen LogP contribution in [0.3, 0.4) is 0 Å². The van der Waals surface area contributed by atoms with E-state index in [0.29, 0.717) is 37.7 Å². The van der Waals surface area contributed by atoms with Gasteiger partial charge in [0.15, 0.2) is 17.3 Å². The van der Waals surface area contributed by atoms with E-state index in [1.807, 2.05) is 4.90 Å². The first-order chi connectivity index (χ1) is 16.5. The number of hydrogen-bond acceptors (Lipinski definition) is 8. The average Bonchev–Trinajstić information content (AvgIpc) is 3.61. The number of furan rings is 1. The summed E-state index contributed by atoms with van der Waals surface area (Å²) in [6.07, 6.45) is 5.34. The lowest BCUT2D eigenvalue weighted by Crippen LogP contribution is -2.53. The molecule has 1 saturated carbocycles. The van der Waals surface area contributed by atoms with E-state index in [-0.39, 0.29) is 41.7 Å². The standard InChI is InChI=1S/C23H26N4O7/c28-22(24-15-4-1-2-5-15)21(16-12-19-20(34-14-33-19)13-17(16)27(30)31)25-7-9-26(10-8-25)23(29)18-6-3-11-32-18/h3,6,11-13,15,21H,1-2,4-5,7-10,14H2,(H,24,28)/t21-/m1/s1. The molecule has 2 amide bonds. The third kappa shape index (κ3) is 4.30. The lowest BCUT2D eigenvalue weighted by atomic mass is 9.99. The van der Waals surface area contributed by atoms with Crippen molar-refractivity contribution in [3.8, 4) is 11.5 Å². The summed E-state index contributed by atoms with van der Waals surface area (Å²) < 4.78 is 16.0. The molecule has 1 aliphatic carbocycles. The number of nitro benzene ring substituents is 1. The molecule has 11 heteroatoms. The lowest BCUT2D eigenvalue weighted by molar-refractivity contribution is -0.386. The van der Waals surface area contributed by atoms with Gasteiger partial charge >= 0.3 is 0 Å². The Morgan fingerprint density at radius 2 is 1.79 bits per heavy atom. The maximum Gasteiger partial charge on any atom is 0.289 e. The summed E-state index contributed by atoms with van der Waals surface area (Å²) in [4.78, 5) is 41.2. The van der Waals surface area contributed by atoms with Gasteiger partial charge in [0, 0.05) is 32.2 Å². The third-order valence-electron chi connectivity index (χ3n) is 6.66. The molecule has 2 fully saturated rings. The Morgan fingerprint density at radius 3 is 2.44 bits per heavy atom. The molecule has 11 nitrogen and oxygen atoms in total. The number of nitrogens with zero attached hydrogens (tertiary/aromatic N) is 3. The fraction of sp³-hybridized carbons (Fsp3) is 0.478. The molecule has 0 bridgehead atoms. The van der Waals surface area contributed by atoms with Gasteiger partial charge in [0.2, 0.25) is 12.7 Å². The summed E-state index contributed by atoms with van der Waals surface area (Å²) in [6.45, 7) is 1.46. The quantitative estimate of drug-likeness (QED) is 0.504. The Hall–Kier alpha value is -3.60. The summed E-state index contributed by atoms with van der Waals surface area (Å²) in [5.74, 6) is 0.436. The van der Waals surface area contributed by atoms with Crippen LogP contribution in [0.25, 0.3) is 0 Å². The topological polar surface area (TPSA) is 127 Å². The first kappa shape index (κ1) is 22.2. The van der Waals surface area contributed by atoms with Gasteiger partial charge in [-0.1, -0.05) is 12.8 Å². The van der Waals surface area contributed by atoms with Gasteiger partial charge in [-0.2, -0.15) is 0 Å². The maximum atomic E-state index is 13.5. The van der Waals surface area contributed by atoms with Crippen molar-refractivity contribution in [3.63, 3.8) is 0 Å². The lowest BCUT2D eigenvalue weighted by Gasteiger charge is -2.38. The second-order valence-corrected chi connectivity index (χ2v) is 8.72. The van der Waals surface area contributed by atoms with Crippen molar-refractivity contribution < 1.29 is 28.4 Å². The Balaban J connectivity index is 1.42. The molecule has 5 rings (SSSR count). The van der Waals surface area contributed by atoms with Crippen LogP contribution in [0, 0.1) is 10.1 Å². The van der Waals surface area contributed by atoms with E-state index in [2.05, 4.69) is 5.32 Å². The van der Waals surface area contributed by atoms with Crippen LogP contribution in [0.4, 0.5) is 5.69 Å². The van der Waals surface area contributed by atoms with Gasteiger partial charge in [-0.3, -0.25) is 24.6 Å². The Morgan fingerprint density at radius 1 is 1.09 bits per heavy atom. The minimum Gasteiger partial charge on any atom is -0.459 e. The van der Waals surface area contributed by atoms with E-state index >= 15 is 0 Å². The number of carbonyl (C=O) groups excluding carboxylic acids is 2. The van der Waals surface area contributed by atoms with Gasteiger partial charge < -0.3 is 24.1 Å². The molecule has 0 spiro atoms. The van der Waals surface area contributed by atoms with Gasteiger partial charge in [0.05, 0.1) is 22.8 Å². The van der Waals surface area contributed by atoms with E-state index in [1.54, 1.807) is 23.1 Å². The predicted molar refractivity (Wildman–Crippen MR) is 119 cm³/mol. The molecular formula is C23H26N4O7. The van der Waals surface area contributed by atoms with Crippen LogP contribution in [-0.2, 0) is 4.79 Å². The number of fused-ring (bicyclic) bond motifs is 1.